The summed E-state index contributed by atoms with van der Waals surface area (Å²) in [6.07, 6.45) is 1.53. The number of benzene rings is 1. The highest BCUT2D eigenvalue weighted by Gasteiger charge is 2.24. The van der Waals surface area contributed by atoms with Gasteiger partial charge in [0.05, 0.1) is 22.4 Å². The average Bonchev–Trinajstić information content (AvgIpc) is 2.83. The molecule has 0 radical (unpaired) electrons. The van der Waals surface area contributed by atoms with Crippen LogP contribution in [-0.4, -0.2) is 44.2 Å². The second-order valence-corrected chi connectivity index (χ2v) is 8.98. The Morgan fingerprint density at radius 3 is 1.41 bits per heavy atom. The van der Waals surface area contributed by atoms with Crippen LogP contribution in [0.25, 0.3) is 21.8 Å². The quantitative estimate of drug-likeness (QED) is 0.296. The fourth-order valence-electron chi connectivity index (χ4n) is 4.01. The highest BCUT2D eigenvalue weighted by Crippen LogP contribution is 2.23. The number of hydrogen-bond donors (Lipinski definition) is 4. The molecule has 0 bridgehead atoms. The Bertz CT molecular complexity index is 1080. The summed E-state index contributed by atoms with van der Waals surface area (Å²) in [6.45, 7) is 8.46. The van der Waals surface area contributed by atoms with Gasteiger partial charge in [0.25, 0.3) is 0 Å². The number of nitrogens with one attached hydrogen (secondary N) is 2. The van der Waals surface area contributed by atoms with Crippen molar-refractivity contribution in [3.63, 3.8) is 0 Å². The molecule has 3 aromatic rings. The summed E-state index contributed by atoms with van der Waals surface area (Å²) in [4.78, 5) is 32.8. The number of carboxylic acid groups (broad SMARTS) is 2. The summed E-state index contributed by atoms with van der Waals surface area (Å²) in [7, 11) is 0. The Kier molecular flexibility index (Phi) is 8.52. The van der Waals surface area contributed by atoms with E-state index < -0.39 is 24.0 Å². The van der Waals surface area contributed by atoms with Crippen molar-refractivity contribution in [1.29, 1.82) is 0 Å². The molecular formula is C26H34N4O4. The lowest BCUT2D eigenvalue weighted by atomic mass is 9.99. The summed E-state index contributed by atoms with van der Waals surface area (Å²) in [6, 6.07) is 10.4. The van der Waals surface area contributed by atoms with Crippen LogP contribution in [0.4, 0.5) is 0 Å². The maximum atomic E-state index is 11.6. The average molecular weight is 467 g/mol. The van der Waals surface area contributed by atoms with Crippen LogP contribution < -0.4 is 10.6 Å². The van der Waals surface area contributed by atoms with Gasteiger partial charge >= 0.3 is 11.9 Å². The van der Waals surface area contributed by atoms with Gasteiger partial charge in [-0.1, -0.05) is 64.8 Å². The first-order valence-electron chi connectivity index (χ1n) is 11.9. The maximum absolute atomic E-state index is 11.6. The normalized spacial score (nSPS) is 15.2. The molecule has 0 unspecified atom stereocenters. The van der Waals surface area contributed by atoms with E-state index in [0.717, 1.165) is 46.0 Å². The minimum atomic E-state index is -0.864. The fourth-order valence-corrected chi connectivity index (χ4v) is 4.01. The number of rotatable bonds is 12. The van der Waals surface area contributed by atoms with Gasteiger partial charge in [0.1, 0.15) is 12.1 Å². The zero-order chi connectivity index (χ0) is 24.8. The second kappa shape index (κ2) is 11.4. The van der Waals surface area contributed by atoms with Crippen molar-refractivity contribution in [1.82, 2.24) is 20.6 Å². The van der Waals surface area contributed by atoms with Crippen molar-refractivity contribution >= 4 is 33.7 Å². The predicted molar refractivity (Wildman–Crippen MR) is 132 cm³/mol. The van der Waals surface area contributed by atoms with Crippen molar-refractivity contribution in [3.8, 4) is 0 Å². The third-order valence-electron chi connectivity index (χ3n) is 6.60. The third kappa shape index (κ3) is 5.87. The second-order valence-electron chi connectivity index (χ2n) is 8.98. The van der Waals surface area contributed by atoms with E-state index in [1.807, 2.05) is 64.1 Å². The Hall–Kier alpha value is -3.10. The molecule has 8 nitrogen and oxygen atoms in total. The molecule has 34 heavy (non-hydrogen) atoms. The van der Waals surface area contributed by atoms with Crippen molar-refractivity contribution in [2.45, 2.75) is 65.7 Å². The molecule has 4 atom stereocenters. The van der Waals surface area contributed by atoms with Crippen molar-refractivity contribution in [2.24, 2.45) is 11.8 Å². The van der Waals surface area contributed by atoms with Crippen LogP contribution in [0.3, 0.4) is 0 Å². The van der Waals surface area contributed by atoms with Crippen LogP contribution >= 0.6 is 0 Å². The molecule has 182 valence electrons. The highest BCUT2D eigenvalue weighted by molar-refractivity contribution is 6.02. The topological polar surface area (TPSA) is 124 Å². The number of hydrogen-bond acceptors (Lipinski definition) is 6. The van der Waals surface area contributed by atoms with Crippen LogP contribution in [-0.2, 0) is 22.7 Å². The maximum Gasteiger partial charge on any atom is 0.320 e. The lowest BCUT2D eigenvalue weighted by Crippen LogP contribution is -2.41. The van der Waals surface area contributed by atoms with Gasteiger partial charge < -0.3 is 10.2 Å². The molecule has 0 fully saturated rings. The molecule has 1 aromatic carbocycles. The zero-order valence-electron chi connectivity index (χ0n) is 20.2. The number of aromatic nitrogens is 2. The Balaban J connectivity index is 1.87. The number of fused-ring (bicyclic) bond motifs is 3. The van der Waals surface area contributed by atoms with E-state index in [0.29, 0.717) is 13.1 Å². The van der Waals surface area contributed by atoms with Crippen LogP contribution in [0.2, 0.25) is 0 Å². The van der Waals surface area contributed by atoms with E-state index in [1.54, 1.807) is 0 Å². The lowest BCUT2D eigenvalue weighted by molar-refractivity contribution is -0.141. The van der Waals surface area contributed by atoms with Gasteiger partial charge in [-0.05, 0) is 24.0 Å². The Morgan fingerprint density at radius 2 is 1.09 bits per heavy atom. The van der Waals surface area contributed by atoms with Crippen molar-refractivity contribution < 1.29 is 19.8 Å². The molecular weight excluding hydrogens is 432 g/mol. The number of carbonyl (C=O) groups is 2. The van der Waals surface area contributed by atoms with Gasteiger partial charge in [-0.2, -0.15) is 0 Å². The molecule has 0 spiro atoms. The van der Waals surface area contributed by atoms with Crippen LogP contribution in [0.1, 0.15) is 51.9 Å². The van der Waals surface area contributed by atoms with E-state index in [4.69, 9.17) is 9.97 Å². The first-order chi connectivity index (χ1) is 16.2. The van der Waals surface area contributed by atoms with Gasteiger partial charge in [-0.15, -0.1) is 0 Å². The third-order valence-corrected chi connectivity index (χ3v) is 6.60. The minimum absolute atomic E-state index is 0.000524. The molecule has 0 saturated carbocycles. The van der Waals surface area contributed by atoms with Gasteiger partial charge in [-0.25, -0.2) is 9.97 Å². The molecule has 0 aliphatic rings. The van der Waals surface area contributed by atoms with Gasteiger partial charge in [-0.3, -0.25) is 20.2 Å². The summed E-state index contributed by atoms with van der Waals surface area (Å²) in [5.41, 5.74) is 2.96. The molecule has 2 aromatic heterocycles. The molecule has 0 saturated heterocycles. The van der Waals surface area contributed by atoms with Crippen molar-refractivity contribution in [3.05, 3.63) is 47.8 Å². The molecule has 0 aliphatic heterocycles. The van der Waals surface area contributed by atoms with Crippen LogP contribution in [0, 0.1) is 11.8 Å². The summed E-state index contributed by atoms with van der Waals surface area (Å²) >= 11 is 0. The van der Waals surface area contributed by atoms with Crippen LogP contribution in [0.15, 0.2) is 36.4 Å². The molecule has 0 aliphatic carbocycles. The van der Waals surface area contributed by atoms with Gasteiger partial charge in [0.15, 0.2) is 0 Å². The van der Waals surface area contributed by atoms with E-state index in [2.05, 4.69) is 10.6 Å². The summed E-state index contributed by atoms with van der Waals surface area (Å²) in [5, 5.41) is 27.2. The molecule has 8 heteroatoms. The van der Waals surface area contributed by atoms with Crippen LogP contribution in [0.5, 0.6) is 0 Å². The van der Waals surface area contributed by atoms with Crippen molar-refractivity contribution in [2.75, 3.05) is 0 Å². The number of nitrogens with zero attached hydrogens (tertiary/aromatic N) is 2. The Labute approximate surface area is 199 Å². The number of pyridine rings is 2. The van der Waals surface area contributed by atoms with Gasteiger partial charge in [0, 0.05) is 23.9 Å². The summed E-state index contributed by atoms with van der Waals surface area (Å²) in [5.74, 6) is -1.73. The van der Waals surface area contributed by atoms with E-state index in [-0.39, 0.29) is 11.8 Å². The summed E-state index contributed by atoms with van der Waals surface area (Å²) < 4.78 is 0. The molecule has 0 amide bonds. The molecule has 4 N–H and O–H groups in total. The first-order valence-corrected chi connectivity index (χ1v) is 11.9. The van der Waals surface area contributed by atoms with Gasteiger partial charge in [0.2, 0.25) is 0 Å². The largest absolute Gasteiger partial charge is 0.480 e. The van der Waals surface area contributed by atoms with E-state index >= 15 is 0 Å². The number of carboxylic acids is 2. The smallest absolute Gasteiger partial charge is 0.320 e. The molecule has 2 heterocycles. The minimum Gasteiger partial charge on any atom is -0.480 e. The predicted octanol–water partition coefficient (Wildman–Crippen LogP) is 3.96. The monoisotopic (exact) mass is 466 g/mol. The Morgan fingerprint density at radius 1 is 0.735 bits per heavy atom. The lowest BCUT2D eigenvalue weighted by Gasteiger charge is -2.20. The van der Waals surface area contributed by atoms with E-state index in [9.17, 15) is 19.8 Å². The first kappa shape index (κ1) is 25.5. The highest BCUT2D eigenvalue weighted by atomic mass is 16.4. The fraction of sp³-hybridized carbons (Fsp3) is 0.462. The molecule has 3 rings (SSSR count). The SMILES string of the molecule is CC[C@H](C)[C@H](NCc1ccc2ccc3ccc(CN[C@H](C(=O)O)[C@@H](C)CC)nc3c2n1)C(=O)O. The number of aliphatic carboxylic acids is 2. The zero-order valence-corrected chi connectivity index (χ0v) is 20.2. The van der Waals surface area contributed by atoms with E-state index in [1.165, 1.54) is 0 Å². The standard InChI is InChI=1S/C26H34N4O4/c1-5-15(3)21(25(31)32)27-13-19-11-9-17-7-8-18-10-12-20(30-24(18)23(17)29-19)14-28-22(26(33)34)16(4)6-2/h7-12,15-16,21-22,27-28H,5-6,13-14H2,1-4H3,(H,31,32)(H,33,34)/t15-,16-,21-,22-/m0/s1.